The van der Waals surface area contributed by atoms with Gasteiger partial charge in [-0.15, -0.1) is 0 Å². The van der Waals surface area contributed by atoms with E-state index in [0.29, 0.717) is 19.8 Å². The molecule has 0 aromatic carbocycles. The van der Waals surface area contributed by atoms with Crippen molar-refractivity contribution in [1.82, 2.24) is 9.55 Å². The van der Waals surface area contributed by atoms with Crippen molar-refractivity contribution < 1.29 is 14.3 Å². The molecular weight excluding hydrogens is 184 g/mol. The van der Waals surface area contributed by atoms with Gasteiger partial charge in [-0.25, -0.2) is 4.98 Å². The van der Waals surface area contributed by atoms with E-state index in [-0.39, 0.29) is 5.97 Å². The van der Waals surface area contributed by atoms with E-state index < -0.39 is 0 Å². The Kier molecular flexibility index (Phi) is 4.71. The third-order valence-electron chi connectivity index (χ3n) is 1.59. The summed E-state index contributed by atoms with van der Waals surface area (Å²) in [7, 11) is 0. The fraction of sp³-hybridized carbons (Fsp3) is 0.556. The van der Waals surface area contributed by atoms with Crippen LogP contribution < -0.4 is 0 Å². The number of ether oxygens (including phenoxy) is 2. The highest BCUT2D eigenvalue weighted by atomic mass is 16.6. The minimum atomic E-state index is -0.275. The molecule has 0 N–H and O–H groups in total. The first-order chi connectivity index (χ1) is 6.79. The highest BCUT2D eigenvalue weighted by Gasteiger charge is 1.93. The van der Waals surface area contributed by atoms with Gasteiger partial charge >= 0.3 is 5.97 Å². The van der Waals surface area contributed by atoms with Gasteiger partial charge in [-0.3, -0.25) is 4.79 Å². The molecule has 78 valence electrons. The minimum absolute atomic E-state index is 0.275. The number of esters is 1. The summed E-state index contributed by atoms with van der Waals surface area (Å²) in [6.45, 7) is 3.50. The van der Waals surface area contributed by atoms with E-state index in [0.717, 1.165) is 6.54 Å². The van der Waals surface area contributed by atoms with Crippen molar-refractivity contribution in [2.75, 3.05) is 19.8 Å². The number of aromatic nitrogens is 2. The molecule has 0 fully saturated rings. The van der Waals surface area contributed by atoms with Crippen LogP contribution in [0.2, 0.25) is 0 Å². The molecule has 0 unspecified atom stereocenters. The molecular formula is C9H14N2O3. The lowest BCUT2D eigenvalue weighted by molar-refractivity contribution is -0.142. The van der Waals surface area contributed by atoms with Crippen molar-refractivity contribution in [3.63, 3.8) is 0 Å². The number of hydrogen-bond donors (Lipinski definition) is 0. The molecule has 14 heavy (non-hydrogen) atoms. The van der Waals surface area contributed by atoms with Crippen molar-refractivity contribution in [3.8, 4) is 0 Å². The first-order valence-corrected chi connectivity index (χ1v) is 4.46. The normalized spacial score (nSPS) is 10.1. The van der Waals surface area contributed by atoms with Crippen molar-refractivity contribution >= 4 is 5.97 Å². The van der Waals surface area contributed by atoms with Gasteiger partial charge in [0.05, 0.1) is 19.5 Å². The van der Waals surface area contributed by atoms with Crippen molar-refractivity contribution in [1.29, 1.82) is 0 Å². The number of nitrogens with zero attached hydrogens (tertiary/aromatic N) is 2. The third-order valence-corrected chi connectivity index (χ3v) is 1.59. The Morgan fingerprint density at radius 3 is 2.93 bits per heavy atom. The second kappa shape index (κ2) is 6.15. The summed E-state index contributed by atoms with van der Waals surface area (Å²) in [6, 6.07) is 0. The molecule has 5 heteroatoms. The number of rotatable bonds is 6. The van der Waals surface area contributed by atoms with Crippen LogP contribution in [-0.4, -0.2) is 35.3 Å². The van der Waals surface area contributed by atoms with Gasteiger partial charge in [0, 0.05) is 25.9 Å². The van der Waals surface area contributed by atoms with Gasteiger partial charge in [-0.2, -0.15) is 0 Å². The summed E-state index contributed by atoms with van der Waals surface area (Å²) >= 11 is 0. The molecule has 0 spiro atoms. The zero-order valence-corrected chi connectivity index (χ0v) is 8.18. The number of imidazole rings is 1. The average molecular weight is 198 g/mol. The maximum absolute atomic E-state index is 10.4. The molecule has 1 rings (SSSR count). The molecule has 0 aliphatic carbocycles. The summed E-state index contributed by atoms with van der Waals surface area (Å²) < 4.78 is 11.9. The zero-order valence-electron chi connectivity index (χ0n) is 8.18. The molecule has 5 nitrogen and oxygen atoms in total. The van der Waals surface area contributed by atoms with Crippen LogP contribution in [0, 0.1) is 0 Å². The largest absolute Gasteiger partial charge is 0.463 e. The standard InChI is InChI=1S/C9H14N2O3/c1-9(12)14-7-6-13-5-4-11-3-2-10-8-11/h2-3,8H,4-7H2,1H3. The Bertz CT molecular complexity index is 259. The van der Waals surface area contributed by atoms with Gasteiger partial charge in [-0.05, 0) is 0 Å². The molecule has 1 aromatic heterocycles. The zero-order chi connectivity index (χ0) is 10.2. The van der Waals surface area contributed by atoms with E-state index in [1.807, 2.05) is 10.8 Å². The Balaban J connectivity index is 1.92. The van der Waals surface area contributed by atoms with Crippen LogP contribution in [0.3, 0.4) is 0 Å². The monoisotopic (exact) mass is 198 g/mol. The summed E-state index contributed by atoms with van der Waals surface area (Å²) in [5.74, 6) is -0.275. The SMILES string of the molecule is CC(=O)OCCOCCn1ccnc1. The van der Waals surface area contributed by atoms with Crippen LogP contribution in [0.25, 0.3) is 0 Å². The molecule has 0 saturated carbocycles. The Morgan fingerprint density at radius 2 is 2.29 bits per heavy atom. The molecule has 0 radical (unpaired) electrons. The Labute approximate surface area is 82.6 Å². The number of carbonyl (C=O) groups is 1. The van der Waals surface area contributed by atoms with Gasteiger partial charge in [0.15, 0.2) is 0 Å². The second-order valence-electron chi connectivity index (χ2n) is 2.75. The van der Waals surface area contributed by atoms with Crippen LogP contribution in [-0.2, 0) is 20.8 Å². The van der Waals surface area contributed by atoms with Gasteiger partial charge in [0.2, 0.25) is 0 Å². The van der Waals surface area contributed by atoms with E-state index >= 15 is 0 Å². The van der Waals surface area contributed by atoms with Crippen molar-refractivity contribution in [2.45, 2.75) is 13.5 Å². The minimum Gasteiger partial charge on any atom is -0.463 e. The number of hydrogen-bond acceptors (Lipinski definition) is 4. The lowest BCUT2D eigenvalue weighted by atomic mass is 10.6. The number of carbonyl (C=O) groups excluding carboxylic acids is 1. The Morgan fingerprint density at radius 1 is 1.43 bits per heavy atom. The molecule has 0 saturated heterocycles. The van der Waals surface area contributed by atoms with E-state index in [2.05, 4.69) is 4.98 Å². The summed E-state index contributed by atoms with van der Waals surface area (Å²) in [5, 5.41) is 0. The van der Waals surface area contributed by atoms with Gasteiger partial charge < -0.3 is 14.0 Å². The predicted octanol–water partition coefficient (Wildman–Crippen LogP) is 0.463. The maximum Gasteiger partial charge on any atom is 0.302 e. The van der Waals surface area contributed by atoms with Crippen LogP contribution in [0.15, 0.2) is 18.7 Å². The Hall–Kier alpha value is -1.36. The highest BCUT2D eigenvalue weighted by Crippen LogP contribution is 1.87. The fourth-order valence-corrected chi connectivity index (χ4v) is 0.935. The van der Waals surface area contributed by atoms with E-state index in [1.54, 1.807) is 12.5 Å². The van der Waals surface area contributed by atoms with Gasteiger partial charge in [0.25, 0.3) is 0 Å². The highest BCUT2D eigenvalue weighted by molar-refractivity contribution is 5.65. The van der Waals surface area contributed by atoms with E-state index in [9.17, 15) is 4.79 Å². The smallest absolute Gasteiger partial charge is 0.302 e. The summed E-state index contributed by atoms with van der Waals surface area (Å²) in [5.41, 5.74) is 0. The molecule has 1 heterocycles. The predicted molar refractivity (Wildman–Crippen MR) is 49.7 cm³/mol. The van der Waals surface area contributed by atoms with Crippen LogP contribution in [0.4, 0.5) is 0 Å². The van der Waals surface area contributed by atoms with Crippen LogP contribution in [0.1, 0.15) is 6.92 Å². The first-order valence-electron chi connectivity index (χ1n) is 4.46. The first kappa shape index (κ1) is 10.7. The topological polar surface area (TPSA) is 53.4 Å². The van der Waals surface area contributed by atoms with E-state index in [1.165, 1.54) is 6.92 Å². The molecule has 0 atom stereocenters. The lowest BCUT2D eigenvalue weighted by Crippen LogP contribution is -2.10. The van der Waals surface area contributed by atoms with Gasteiger partial charge in [-0.1, -0.05) is 0 Å². The van der Waals surface area contributed by atoms with Crippen LogP contribution in [0.5, 0.6) is 0 Å². The second-order valence-corrected chi connectivity index (χ2v) is 2.75. The molecule has 0 bridgehead atoms. The van der Waals surface area contributed by atoms with Crippen LogP contribution >= 0.6 is 0 Å². The summed E-state index contributed by atoms with van der Waals surface area (Å²) in [6.07, 6.45) is 5.32. The van der Waals surface area contributed by atoms with Crippen molar-refractivity contribution in [2.24, 2.45) is 0 Å². The summed E-state index contributed by atoms with van der Waals surface area (Å²) in [4.78, 5) is 14.3. The molecule has 0 aliphatic rings. The van der Waals surface area contributed by atoms with Gasteiger partial charge in [0.1, 0.15) is 6.61 Å². The lowest BCUT2D eigenvalue weighted by Gasteiger charge is -2.04. The maximum atomic E-state index is 10.4. The third kappa shape index (κ3) is 4.61. The molecule has 1 aromatic rings. The van der Waals surface area contributed by atoms with Crippen molar-refractivity contribution in [3.05, 3.63) is 18.7 Å². The molecule has 0 aliphatic heterocycles. The van der Waals surface area contributed by atoms with E-state index in [4.69, 9.17) is 9.47 Å². The molecule has 0 amide bonds. The fourth-order valence-electron chi connectivity index (χ4n) is 0.935. The quantitative estimate of drug-likeness (QED) is 0.492. The average Bonchev–Trinajstić information content (AvgIpc) is 2.63.